The number of hydrogen-bond acceptors (Lipinski definition) is 6. The number of aromatic nitrogens is 3. The van der Waals surface area contributed by atoms with Crippen LogP contribution in [0.2, 0.25) is 0 Å². The third-order valence-corrected chi connectivity index (χ3v) is 5.62. The lowest BCUT2D eigenvalue weighted by molar-refractivity contribution is 0.174. The van der Waals surface area contributed by atoms with Crippen molar-refractivity contribution >= 4 is 11.3 Å². The van der Waals surface area contributed by atoms with E-state index in [0.717, 1.165) is 53.7 Å². The van der Waals surface area contributed by atoms with Gasteiger partial charge in [-0.05, 0) is 24.6 Å². The number of nitrogens with one attached hydrogen (secondary N) is 1. The summed E-state index contributed by atoms with van der Waals surface area (Å²) in [5, 5.41) is 6.76. The average Bonchev–Trinajstić information content (AvgIpc) is 3.38. The molecule has 0 saturated heterocycles. The quantitative estimate of drug-likeness (QED) is 0.781. The number of aryl methyl sites for hydroxylation is 1. The normalized spacial score (nSPS) is 18.3. The minimum absolute atomic E-state index is 0.297. The monoisotopic (exact) mass is 354 g/mol. The molecule has 0 bridgehead atoms. The van der Waals surface area contributed by atoms with Gasteiger partial charge in [0.2, 0.25) is 6.79 Å². The molecule has 0 saturated carbocycles. The second kappa shape index (κ2) is 6.16. The number of benzene rings is 1. The highest BCUT2D eigenvalue weighted by Gasteiger charge is 2.19. The zero-order chi connectivity index (χ0) is 16.6. The summed E-state index contributed by atoms with van der Waals surface area (Å²) >= 11 is 1.66. The summed E-state index contributed by atoms with van der Waals surface area (Å²) in [6, 6.07) is 6.45. The van der Waals surface area contributed by atoms with Crippen LogP contribution in [0.1, 0.15) is 17.9 Å². The molecule has 0 radical (unpaired) electrons. The Labute approximate surface area is 149 Å². The van der Waals surface area contributed by atoms with Gasteiger partial charge >= 0.3 is 0 Å². The van der Waals surface area contributed by atoms with Crippen molar-refractivity contribution in [3.05, 3.63) is 47.5 Å². The van der Waals surface area contributed by atoms with Crippen molar-refractivity contribution in [1.29, 1.82) is 0 Å². The van der Waals surface area contributed by atoms with Gasteiger partial charge in [0.15, 0.2) is 11.5 Å². The van der Waals surface area contributed by atoms with Gasteiger partial charge in [0.05, 0.1) is 5.69 Å². The summed E-state index contributed by atoms with van der Waals surface area (Å²) in [5.74, 6) is 2.79. The first-order valence-corrected chi connectivity index (χ1v) is 9.31. The molecule has 0 aliphatic carbocycles. The maximum Gasteiger partial charge on any atom is 0.231 e. The molecule has 1 unspecified atom stereocenters. The van der Waals surface area contributed by atoms with Crippen LogP contribution >= 0.6 is 11.3 Å². The molecular weight excluding hydrogens is 336 g/mol. The van der Waals surface area contributed by atoms with Crippen LogP contribution in [0.5, 0.6) is 11.5 Å². The van der Waals surface area contributed by atoms with Gasteiger partial charge in [-0.2, -0.15) is 0 Å². The summed E-state index contributed by atoms with van der Waals surface area (Å²) < 4.78 is 13.1. The number of imidazole rings is 1. The molecular formula is C18H18N4O2S. The Morgan fingerprint density at radius 1 is 1.28 bits per heavy atom. The molecule has 2 aliphatic rings. The summed E-state index contributed by atoms with van der Waals surface area (Å²) in [5.41, 5.74) is 2.15. The lowest BCUT2D eigenvalue weighted by Crippen LogP contribution is -2.36. The van der Waals surface area contributed by atoms with E-state index in [1.807, 2.05) is 24.4 Å². The van der Waals surface area contributed by atoms with E-state index in [-0.39, 0.29) is 0 Å². The summed E-state index contributed by atoms with van der Waals surface area (Å²) in [6.45, 7) is 2.07. The number of ether oxygens (including phenoxy) is 2. The first-order chi connectivity index (χ1) is 12.3. The Kier molecular flexibility index (Phi) is 3.68. The first kappa shape index (κ1) is 14.9. The van der Waals surface area contributed by atoms with E-state index in [0.29, 0.717) is 12.8 Å². The molecule has 0 fully saturated rings. The van der Waals surface area contributed by atoms with Crippen molar-refractivity contribution in [3.63, 3.8) is 0 Å². The van der Waals surface area contributed by atoms with Crippen molar-refractivity contribution in [2.75, 3.05) is 6.79 Å². The fourth-order valence-electron chi connectivity index (χ4n) is 3.33. The molecule has 2 aliphatic heterocycles. The predicted octanol–water partition coefficient (Wildman–Crippen LogP) is 2.84. The van der Waals surface area contributed by atoms with Crippen molar-refractivity contribution in [1.82, 2.24) is 19.9 Å². The SMILES string of the molecule is c1cn2c(n1)CCC(NCc1csc(-c3ccc4c(c3)OCO4)n1)C2. The smallest absolute Gasteiger partial charge is 0.231 e. The largest absolute Gasteiger partial charge is 0.454 e. The zero-order valence-electron chi connectivity index (χ0n) is 13.6. The first-order valence-electron chi connectivity index (χ1n) is 8.43. The Morgan fingerprint density at radius 3 is 3.24 bits per heavy atom. The Hall–Kier alpha value is -2.38. The molecule has 128 valence electrons. The second-order valence-corrected chi connectivity index (χ2v) is 7.18. The molecule has 2 aromatic heterocycles. The Balaban J connectivity index is 1.25. The Morgan fingerprint density at radius 2 is 2.24 bits per heavy atom. The van der Waals surface area contributed by atoms with E-state index in [9.17, 15) is 0 Å². The van der Waals surface area contributed by atoms with Crippen LogP contribution in [0.4, 0.5) is 0 Å². The average molecular weight is 354 g/mol. The number of thiazole rings is 1. The van der Waals surface area contributed by atoms with E-state index in [2.05, 4.69) is 26.4 Å². The lowest BCUT2D eigenvalue weighted by atomic mass is 10.1. The van der Waals surface area contributed by atoms with Gasteiger partial charge in [-0.3, -0.25) is 0 Å². The van der Waals surface area contributed by atoms with Gasteiger partial charge in [0.25, 0.3) is 0 Å². The molecule has 0 amide bonds. The van der Waals surface area contributed by atoms with Gasteiger partial charge < -0.3 is 19.4 Å². The van der Waals surface area contributed by atoms with Gasteiger partial charge in [-0.25, -0.2) is 9.97 Å². The van der Waals surface area contributed by atoms with E-state index in [1.165, 1.54) is 5.82 Å². The van der Waals surface area contributed by atoms with Crippen LogP contribution in [-0.2, 0) is 19.5 Å². The summed E-state index contributed by atoms with van der Waals surface area (Å²) in [7, 11) is 0. The zero-order valence-corrected chi connectivity index (χ0v) is 14.5. The van der Waals surface area contributed by atoms with E-state index in [4.69, 9.17) is 14.5 Å². The third-order valence-electron chi connectivity index (χ3n) is 4.68. The highest BCUT2D eigenvalue weighted by Crippen LogP contribution is 2.36. The number of fused-ring (bicyclic) bond motifs is 2. The van der Waals surface area contributed by atoms with E-state index in [1.54, 1.807) is 11.3 Å². The maximum atomic E-state index is 5.45. The number of nitrogens with zero attached hydrogens (tertiary/aromatic N) is 3. The van der Waals surface area contributed by atoms with Crippen LogP contribution in [-0.4, -0.2) is 27.4 Å². The molecule has 1 aromatic carbocycles. The Bertz CT molecular complexity index is 904. The van der Waals surface area contributed by atoms with Gasteiger partial charge in [0, 0.05) is 48.9 Å². The maximum absolute atomic E-state index is 5.45. The van der Waals surface area contributed by atoms with Crippen LogP contribution in [0.3, 0.4) is 0 Å². The van der Waals surface area contributed by atoms with Gasteiger partial charge in [-0.15, -0.1) is 11.3 Å². The topological polar surface area (TPSA) is 61.2 Å². The van der Waals surface area contributed by atoms with Crippen LogP contribution in [0.25, 0.3) is 10.6 Å². The van der Waals surface area contributed by atoms with Crippen LogP contribution < -0.4 is 14.8 Å². The highest BCUT2D eigenvalue weighted by atomic mass is 32.1. The number of rotatable bonds is 4. The van der Waals surface area contributed by atoms with Crippen molar-refractivity contribution in [3.8, 4) is 22.1 Å². The molecule has 7 heteroatoms. The molecule has 25 heavy (non-hydrogen) atoms. The van der Waals surface area contributed by atoms with Crippen LogP contribution in [0, 0.1) is 0 Å². The number of hydrogen-bond donors (Lipinski definition) is 1. The van der Waals surface area contributed by atoms with Gasteiger partial charge in [0.1, 0.15) is 10.8 Å². The van der Waals surface area contributed by atoms with Crippen molar-refractivity contribution in [2.24, 2.45) is 0 Å². The minimum Gasteiger partial charge on any atom is -0.454 e. The molecule has 6 nitrogen and oxygen atoms in total. The predicted molar refractivity (Wildman–Crippen MR) is 94.8 cm³/mol. The van der Waals surface area contributed by atoms with Gasteiger partial charge in [-0.1, -0.05) is 0 Å². The van der Waals surface area contributed by atoms with Crippen molar-refractivity contribution in [2.45, 2.75) is 32.0 Å². The molecule has 1 atom stereocenters. The molecule has 3 aromatic rings. The third kappa shape index (κ3) is 2.89. The van der Waals surface area contributed by atoms with E-state index < -0.39 is 0 Å². The lowest BCUT2D eigenvalue weighted by Gasteiger charge is -2.24. The highest BCUT2D eigenvalue weighted by molar-refractivity contribution is 7.13. The molecule has 5 rings (SSSR count). The van der Waals surface area contributed by atoms with Crippen LogP contribution in [0.15, 0.2) is 36.0 Å². The summed E-state index contributed by atoms with van der Waals surface area (Å²) in [4.78, 5) is 9.14. The second-order valence-electron chi connectivity index (χ2n) is 6.32. The van der Waals surface area contributed by atoms with E-state index >= 15 is 0 Å². The standard InChI is InChI=1S/C18H18N4O2S/c1-3-15-16(24-11-23-15)7-12(1)18-21-14(10-25-18)8-20-13-2-4-17-19-5-6-22(17)9-13/h1,3,5-7,10,13,20H,2,4,8-9,11H2. The minimum atomic E-state index is 0.297. The molecule has 1 N–H and O–H groups in total. The summed E-state index contributed by atoms with van der Waals surface area (Å²) in [6.07, 6.45) is 6.10. The fourth-order valence-corrected chi connectivity index (χ4v) is 4.15. The molecule has 0 spiro atoms. The van der Waals surface area contributed by atoms with Crippen molar-refractivity contribution < 1.29 is 9.47 Å². The fraction of sp³-hybridized carbons (Fsp3) is 0.333. The molecule has 4 heterocycles.